The first kappa shape index (κ1) is 24.5. The molecule has 0 radical (unpaired) electrons. The van der Waals surface area contributed by atoms with Gasteiger partial charge >= 0.3 is 0 Å². The van der Waals surface area contributed by atoms with E-state index in [-0.39, 0.29) is 5.91 Å². The average molecular weight is 499 g/mol. The lowest BCUT2D eigenvalue weighted by Crippen LogP contribution is -2.36. The number of allylic oxidation sites excluding steroid dienone is 1. The number of morpholine rings is 1. The van der Waals surface area contributed by atoms with Crippen LogP contribution >= 0.6 is 0 Å². The summed E-state index contributed by atoms with van der Waals surface area (Å²) < 4.78 is 22.3. The lowest BCUT2D eigenvalue weighted by Gasteiger charge is -2.28. The summed E-state index contributed by atoms with van der Waals surface area (Å²) in [5, 5.41) is 3.89. The predicted octanol–water partition coefficient (Wildman–Crippen LogP) is 6.00. The molecule has 1 N–H and O–H groups in total. The summed E-state index contributed by atoms with van der Waals surface area (Å²) in [4.78, 5) is 15.1. The smallest absolute Gasteiger partial charge is 0.248 e. The standard InChI is InChI=1S/C30H30N2O5/c1-20(15-30(33)31-22-7-9-23(10-8-22)32-11-13-36-14-12-32)25-17-26-27(19-37-29(26)18-28(25)35-3)21-5-4-6-24(16-21)34-2/h4-10,15-19H,11-14H2,1-3H3,(H,31,33)/b20-15+. The van der Waals surface area contributed by atoms with E-state index in [1.807, 2.05) is 67.6 Å². The number of carbonyl (C=O) groups is 1. The van der Waals surface area contributed by atoms with Crippen molar-refractivity contribution in [1.82, 2.24) is 0 Å². The zero-order chi connectivity index (χ0) is 25.8. The molecule has 1 aromatic heterocycles. The summed E-state index contributed by atoms with van der Waals surface area (Å²) in [6.45, 7) is 5.11. The molecule has 7 nitrogen and oxygen atoms in total. The van der Waals surface area contributed by atoms with Crippen molar-refractivity contribution in [1.29, 1.82) is 0 Å². The molecule has 190 valence electrons. The van der Waals surface area contributed by atoms with Crippen LogP contribution in [0.2, 0.25) is 0 Å². The van der Waals surface area contributed by atoms with Crippen LogP contribution in [0.1, 0.15) is 12.5 Å². The third kappa shape index (κ3) is 5.32. The molecule has 37 heavy (non-hydrogen) atoms. The third-order valence-electron chi connectivity index (χ3n) is 6.56. The van der Waals surface area contributed by atoms with Crippen LogP contribution in [-0.4, -0.2) is 46.4 Å². The van der Waals surface area contributed by atoms with E-state index in [9.17, 15) is 4.79 Å². The van der Waals surface area contributed by atoms with Gasteiger partial charge in [-0.15, -0.1) is 0 Å². The minimum absolute atomic E-state index is 0.209. The van der Waals surface area contributed by atoms with Crippen molar-refractivity contribution in [3.05, 3.63) is 78.6 Å². The van der Waals surface area contributed by atoms with E-state index in [1.54, 1.807) is 26.6 Å². The zero-order valence-corrected chi connectivity index (χ0v) is 21.2. The Morgan fingerprint density at radius 1 is 1.00 bits per heavy atom. The fourth-order valence-electron chi connectivity index (χ4n) is 4.58. The van der Waals surface area contributed by atoms with Crippen LogP contribution in [0.4, 0.5) is 11.4 Å². The number of carbonyl (C=O) groups excluding carboxylic acids is 1. The second-order valence-corrected chi connectivity index (χ2v) is 8.89. The number of rotatable bonds is 7. The average Bonchev–Trinajstić information content (AvgIpc) is 3.36. The summed E-state index contributed by atoms with van der Waals surface area (Å²) >= 11 is 0. The molecule has 0 bridgehead atoms. The third-order valence-corrected chi connectivity index (χ3v) is 6.56. The molecular formula is C30H30N2O5. The summed E-state index contributed by atoms with van der Waals surface area (Å²) in [5.74, 6) is 1.20. The molecule has 0 aliphatic carbocycles. The maximum Gasteiger partial charge on any atom is 0.248 e. The summed E-state index contributed by atoms with van der Waals surface area (Å²) in [6.07, 6.45) is 3.32. The Balaban J connectivity index is 1.38. The lowest BCUT2D eigenvalue weighted by molar-refractivity contribution is -0.111. The molecular weight excluding hydrogens is 468 g/mol. The van der Waals surface area contributed by atoms with Crippen molar-refractivity contribution in [2.24, 2.45) is 0 Å². The van der Waals surface area contributed by atoms with Gasteiger partial charge in [0.2, 0.25) is 5.91 Å². The van der Waals surface area contributed by atoms with Gasteiger partial charge in [-0.25, -0.2) is 0 Å². The minimum atomic E-state index is -0.209. The number of furan rings is 1. The van der Waals surface area contributed by atoms with Gasteiger partial charge in [-0.2, -0.15) is 0 Å². The van der Waals surface area contributed by atoms with Gasteiger partial charge in [0.15, 0.2) is 0 Å². The molecule has 1 fully saturated rings. The highest BCUT2D eigenvalue weighted by molar-refractivity contribution is 6.05. The molecule has 0 saturated carbocycles. The number of amides is 1. The number of fused-ring (bicyclic) bond motifs is 1. The first-order chi connectivity index (χ1) is 18.1. The van der Waals surface area contributed by atoms with E-state index in [2.05, 4.69) is 10.2 Å². The van der Waals surface area contributed by atoms with E-state index in [0.29, 0.717) is 11.3 Å². The Kier molecular flexibility index (Phi) is 7.14. The van der Waals surface area contributed by atoms with Crippen LogP contribution in [0.15, 0.2) is 77.4 Å². The molecule has 2 heterocycles. The Labute approximate surface area is 216 Å². The number of nitrogens with zero attached hydrogens (tertiary/aromatic N) is 1. The van der Waals surface area contributed by atoms with Crippen LogP contribution in [0.3, 0.4) is 0 Å². The number of anilines is 2. The van der Waals surface area contributed by atoms with Gasteiger partial charge in [0.05, 0.1) is 33.7 Å². The van der Waals surface area contributed by atoms with E-state index in [0.717, 1.165) is 71.1 Å². The highest BCUT2D eigenvalue weighted by atomic mass is 16.5. The van der Waals surface area contributed by atoms with Crippen molar-refractivity contribution < 1.29 is 23.4 Å². The first-order valence-electron chi connectivity index (χ1n) is 12.2. The SMILES string of the molecule is COc1cccc(-c2coc3cc(OC)c(/C(C)=C/C(=O)Nc4ccc(N5CCOCC5)cc4)cc23)c1. The minimum Gasteiger partial charge on any atom is -0.497 e. The van der Waals surface area contributed by atoms with Gasteiger partial charge in [0.1, 0.15) is 17.1 Å². The molecule has 0 spiro atoms. The second-order valence-electron chi connectivity index (χ2n) is 8.89. The first-order valence-corrected chi connectivity index (χ1v) is 12.2. The fourth-order valence-corrected chi connectivity index (χ4v) is 4.58. The summed E-state index contributed by atoms with van der Waals surface area (Å²) in [5.41, 5.74) is 6.08. The van der Waals surface area contributed by atoms with Crippen LogP contribution in [0.5, 0.6) is 11.5 Å². The van der Waals surface area contributed by atoms with E-state index < -0.39 is 0 Å². The Hall–Kier alpha value is -4.23. The van der Waals surface area contributed by atoms with E-state index in [1.165, 1.54) is 0 Å². The van der Waals surface area contributed by atoms with Crippen LogP contribution in [-0.2, 0) is 9.53 Å². The van der Waals surface area contributed by atoms with Gasteiger partial charge in [-0.1, -0.05) is 12.1 Å². The van der Waals surface area contributed by atoms with Crippen molar-refractivity contribution >= 4 is 33.8 Å². The predicted molar refractivity (Wildman–Crippen MR) is 147 cm³/mol. The van der Waals surface area contributed by atoms with Gasteiger partial charge < -0.3 is 28.8 Å². The molecule has 1 amide bonds. The van der Waals surface area contributed by atoms with Crippen LogP contribution in [0, 0.1) is 0 Å². The van der Waals surface area contributed by atoms with Crippen molar-refractivity contribution in [2.45, 2.75) is 6.92 Å². The number of nitrogens with one attached hydrogen (secondary N) is 1. The van der Waals surface area contributed by atoms with E-state index >= 15 is 0 Å². The molecule has 1 saturated heterocycles. The molecule has 3 aromatic carbocycles. The molecule has 0 unspecified atom stereocenters. The lowest BCUT2D eigenvalue weighted by atomic mass is 9.99. The van der Waals surface area contributed by atoms with Crippen molar-refractivity contribution in [2.75, 3.05) is 50.7 Å². The topological polar surface area (TPSA) is 73.2 Å². The Bertz CT molecular complexity index is 1430. The number of benzene rings is 3. The number of hydrogen-bond acceptors (Lipinski definition) is 6. The molecule has 0 atom stereocenters. The highest BCUT2D eigenvalue weighted by Gasteiger charge is 2.16. The van der Waals surface area contributed by atoms with Gasteiger partial charge in [0, 0.05) is 53.1 Å². The quantitative estimate of drug-likeness (QED) is 0.315. The number of ether oxygens (including phenoxy) is 3. The largest absolute Gasteiger partial charge is 0.497 e. The van der Waals surface area contributed by atoms with Gasteiger partial charge in [0.25, 0.3) is 0 Å². The summed E-state index contributed by atoms with van der Waals surface area (Å²) in [6, 6.07) is 19.6. The van der Waals surface area contributed by atoms with Crippen LogP contribution in [0.25, 0.3) is 27.7 Å². The fraction of sp³-hybridized carbons (Fsp3) is 0.233. The monoisotopic (exact) mass is 498 g/mol. The Morgan fingerprint density at radius 3 is 2.51 bits per heavy atom. The zero-order valence-electron chi connectivity index (χ0n) is 21.2. The maximum absolute atomic E-state index is 12.9. The van der Waals surface area contributed by atoms with E-state index in [4.69, 9.17) is 18.6 Å². The normalized spacial score (nSPS) is 14.0. The van der Waals surface area contributed by atoms with Gasteiger partial charge in [-0.05, 0) is 60.5 Å². The van der Waals surface area contributed by atoms with Crippen molar-refractivity contribution in [3.8, 4) is 22.6 Å². The van der Waals surface area contributed by atoms with Crippen molar-refractivity contribution in [3.63, 3.8) is 0 Å². The molecule has 1 aliphatic rings. The molecule has 1 aliphatic heterocycles. The number of methoxy groups -OCH3 is 2. The summed E-state index contributed by atoms with van der Waals surface area (Å²) in [7, 11) is 3.26. The number of hydrogen-bond donors (Lipinski definition) is 1. The maximum atomic E-state index is 12.9. The molecule has 7 heteroatoms. The Morgan fingerprint density at radius 2 is 1.78 bits per heavy atom. The molecule has 4 aromatic rings. The molecule has 5 rings (SSSR count). The van der Waals surface area contributed by atoms with Gasteiger partial charge in [-0.3, -0.25) is 4.79 Å². The second kappa shape index (κ2) is 10.8. The highest BCUT2D eigenvalue weighted by Crippen LogP contribution is 2.38. The van der Waals surface area contributed by atoms with Crippen LogP contribution < -0.4 is 19.7 Å².